The lowest BCUT2D eigenvalue weighted by molar-refractivity contribution is 0.0881. The van der Waals surface area contributed by atoms with E-state index in [0.29, 0.717) is 23.8 Å². The zero-order valence-electron chi connectivity index (χ0n) is 11.1. The summed E-state index contributed by atoms with van der Waals surface area (Å²) in [5, 5.41) is 17.1. The molecule has 1 aliphatic rings. The van der Waals surface area contributed by atoms with Gasteiger partial charge >= 0.3 is 0 Å². The molecule has 0 saturated carbocycles. The van der Waals surface area contributed by atoms with Gasteiger partial charge in [-0.1, -0.05) is 17.7 Å². The van der Waals surface area contributed by atoms with Crippen LogP contribution in [0.3, 0.4) is 0 Å². The third-order valence-electron chi connectivity index (χ3n) is 3.76. The molecule has 1 saturated heterocycles. The third-order valence-corrected chi connectivity index (χ3v) is 4.09. The quantitative estimate of drug-likeness (QED) is 0.770. The van der Waals surface area contributed by atoms with Crippen molar-refractivity contribution in [3.05, 3.63) is 35.0 Å². The van der Waals surface area contributed by atoms with E-state index in [9.17, 15) is 9.90 Å². The molecule has 1 amide bonds. The summed E-state index contributed by atoms with van der Waals surface area (Å²) in [5.74, 6) is -0.201. The number of benzene rings is 1. The molecule has 3 N–H and O–H groups in total. The van der Waals surface area contributed by atoms with E-state index in [1.54, 1.807) is 12.1 Å². The number of aryl methyl sites for hydroxylation is 1. The Morgan fingerprint density at radius 1 is 1.50 bits per heavy atom. The van der Waals surface area contributed by atoms with Crippen molar-refractivity contribution in [2.45, 2.75) is 12.1 Å². The first-order valence-electron chi connectivity index (χ1n) is 6.51. The highest BCUT2D eigenvalue weighted by Crippen LogP contribution is 2.26. The fraction of sp³-hybridized carbons (Fsp3) is 0.357. The summed E-state index contributed by atoms with van der Waals surface area (Å²) in [4.78, 5) is 12.3. The number of halogens is 1. The number of hydrogen-bond acceptors (Lipinski definition) is 3. The van der Waals surface area contributed by atoms with Gasteiger partial charge in [-0.15, -0.1) is 0 Å². The Kier molecular flexibility index (Phi) is 3.41. The van der Waals surface area contributed by atoms with Crippen LogP contribution in [-0.2, 0) is 7.05 Å². The highest BCUT2D eigenvalue weighted by atomic mass is 35.5. The van der Waals surface area contributed by atoms with E-state index in [1.807, 2.05) is 23.7 Å². The second kappa shape index (κ2) is 5.09. The van der Waals surface area contributed by atoms with Crippen LogP contribution < -0.4 is 10.6 Å². The van der Waals surface area contributed by atoms with Crippen LogP contribution in [0.25, 0.3) is 10.9 Å². The number of carbonyl (C=O) groups excluding carboxylic acids is 1. The fourth-order valence-electron chi connectivity index (χ4n) is 2.60. The zero-order chi connectivity index (χ0) is 14.3. The van der Waals surface area contributed by atoms with Gasteiger partial charge in [0.1, 0.15) is 5.69 Å². The van der Waals surface area contributed by atoms with Crippen LogP contribution in [0.4, 0.5) is 0 Å². The van der Waals surface area contributed by atoms with Gasteiger partial charge < -0.3 is 20.3 Å². The molecule has 1 aromatic heterocycles. The molecule has 1 aromatic carbocycles. The van der Waals surface area contributed by atoms with E-state index < -0.39 is 6.10 Å². The molecule has 1 aliphatic heterocycles. The van der Waals surface area contributed by atoms with Crippen LogP contribution in [0.15, 0.2) is 24.3 Å². The minimum absolute atomic E-state index is 0.201. The van der Waals surface area contributed by atoms with E-state index in [4.69, 9.17) is 11.6 Å². The molecule has 3 rings (SSSR count). The highest BCUT2D eigenvalue weighted by Gasteiger charge is 2.27. The molecular weight excluding hydrogens is 278 g/mol. The second-order valence-electron chi connectivity index (χ2n) is 5.07. The van der Waals surface area contributed by atoms with Crippen molar-refractivity contribution in [2.75, 3.05) is 13.1 Å². The SMILES string of the molecule is Cn1c(C(=O)N[C@@H]2CNC[C@H]2O)cc2c(Cl)cccc21. The van der Waals surface area contributed by atoms with Crippen molar-refractivity contribution < 1.29 is 9.90 Å². The van der Waals surface area contributed by atoms with Gasteiger partial charge in [-0.05, 0) is 18.2 Å². The zero-order valence-corrected chi connectivity index (χ0v) is 11.8. The molecule has 0 aliphatic carbocycles. The van der Waals surface area contributed by atoms with Crippen LogP contribution in [0.1, 0.15) is 10.5 Å². The van der Waals surface area contributed by atoms with E-state index in [2.05, 4.69) is 10.6 Å². The Balaban J connectivity index is 1.92. The Bertz CT molecular complexity index is 668. The maximum absolute atomic E-state index is 12.3. The third kappa shape index (κ3) is 2.18. The number of hydrogen-bond donors (Lipinski definition) is 3. The number of aromatic nitrogens is 1. The van der Waals surface area contributed by atoms with Crippen molar-refractivity contribution >= 4 is 28.4 Å². The maximum atomic E-state index is 12.3. The largest absolute Gasteiger partial charge is 0.390 e. The molecule has 5 nitrogen and oxygen atoms in total. The Hall–Kier alpha value is -1.56. The van der Waals surface area contributed by atoms with Crippen LogP contribution in [-0.4, -0.2) is 40.8 Å². The van der Waals surface area contributed by atoms with Gasteiger partial charge in [0, 0.05) is 36.1 Å². The average Bonchev–Trinajstić information content (AvgIpc) is 2.96. The molecule has 0 radical (unpaired) electrons. The van der Waals surface area contributed by atoms with E-state index in [1.165, 1.54) is 0 Å². The smallest absolute Gasteiger partial charge is 0.268 e. The minimum Gasteiger partial charge on any atom is -0.390 e. The van der Waals surface area contributed by atoms with Crippen molar-refractivity contribution in [3.63, 3.8) is 0 Å². The Morgan fingerprint density at radius 2 is 2.30 bits per heavy atom. The number of amides is 1. The minimum atomic E-state index is -0.544. The van der Waals surface area contributed by atoms with Gasteiger partial charge in [0.15, 0.2) is 0 Å². The molecular formula is C14H16ClN3O2. The molecule has 2 atom stereocenters. The van der Waals surface area contributed by atoms with Crippen LogP contribution in [0.5, 0.6) is 0 Å². The Labute approximate surface area is 121 Å². The van der Waals surface area contributed by atoms with Gasteiger partial charge in [0.25, 0.3) is 5.91 Å². The van der Waals surface area contributed by atoms with E-state index in [0.717, 1.165) is 10.9 Å². The predicted octanol–water partition coefficient (Wildman–Crippen LogP) is 0.894. The molecule has 1 fully saturated rings. The number of aliphatic hydroxyl groups excluding tert-OH is 1. The van der Waals surface area contributed by atoms with Gasteiger partial charge in [-0.3, -0.25) is 4.79 Å². The lowest BCUT2D eigenvalue weighted by Crippen LogP contribution is -2.43. The Morgan fingerprint density at radius 3 is 2.95 bits per heavy atom. The van der Waals surface area contributed by atoms with Crippen molar-refractivity contribution in [2.24, 2.45) is 7.05 Å². The van der Waals surface area contributed by atoms with Gasteiger partial charge in [0.05, 0.1) is 12.1 Å². The normalized spacial score (nSPS) is 22.4. The summed E-state index contributed by atoms with van der Waals surface area (Å²) < 4.78 is 1.81. The summed E-state index contributed by atoms with van der Waals surface area (Å²) in [5.41, 5.74) is 1.44. The number of nitrogens with zero attached hydrogens (tertiary/aromatic N) is 1. The number of nitrogens with one attached hydrogen (secondary N) is 2. The van der Waals surface area contributed by atoms with Gasteiger partial charge in [-0.25, -0.2) is 0 Å². The maximum Gasteiger partial charge on any atom is 0.268 e. The topological polar surface area (TPSA) is 66.3 Å². The molecule has 6 heteroatoms. The summed E-state index contributed by atoms with van der Waals surface area (Å²) in [6.07, 6.45) is -0.544. The number of rotatable bonds is 2. The summed E-state index contributed by atoms with van der Waals surface area (Å²) in [6.45, 7) is 1.09. The number of aliphatic hydroxyl groups is 1. The number of β-amino-alcohol motifs (C(OH)–C–C–N with tert-alkyl or cyclic N) is 1. The summed E-state index contributed by atoms with van der Waals surface area (Å²) in [6, 6.07) is 7.11. The standard InChI is InChI=1S/C14H16ClN3O2/c1-18-11-4-2-3-9(15)8(11)5-12(18)14(20)17-10-6-16-7-13(10)19/h2-5,10,13,16,19H,6-7H2,1H3,(H,17,20)/t10-,13-/m1/s1. The number of carbonyl (C=O) groups is 1. The van der Waals surface area contributed by atoms with Crippen LogP contribution in [0.2, 0.25) is 5.02 Å². The predicted molar refractivity (Wildman–Crippen MR) is 78.1 cm³/mol. The average molecular weight is 294 g/mol. The van der Waals surface area contributed by atoms with Crippen molar-refractivity contribution in [1.29, 1.82) is 0 Å². The summed E-state index contributed by atoms with van der Waals surface area (Å²) in [7, 11) is 1.83. The van der Waals surface area contributed by atoms with E-state index >= 15 is 0 Å². The van der Waals surface area contributed by atoms with Crippen molar-refractivity contribution in [1.82, 2.24) is 15.2 Å². The molecule has 0 spiro atoms. The first kappa shape index (κ1) is 13.4. The van der Waals surface area contributed by atoms with Gasteiger partial charge in [-0.2, -0.15) is 0 Å². The molecule has 2 aromatic rings. The van der Waals surface area contributed by atoms with Crippen LogP contribution in [0, 0.1) is 0 Å². The fourth-order valence-corrected chi connectivity index (χ4v) is 2.82. The first-order valence-corrected chi connectivity index (χ1v) is 6.89. The van der Waals surface area contributed by atoms with Gasteiger partial charge in [0.2, 0.25) is 0 Å². The first-order chi connectivity index (χ1) is 9.58. The molecule has 2 heterocycles. The summed E-state index contributed by atoms with van der Waals surface area (Å²) >= 11 is 6.15. The molecule has 0 unspecified atom stereocenters. The molecule has 20 heavy (non-hydrogen) atoms. The van der Waals surface area contributed by atoms with Crippen molar-refractivity contribution in [3.8, 4) is 0 Å². The monoisotopic (exact) mass is 293 g/mol. The number of fused-ring (bicyclic) bond motifs is 1. The lowest BCUT2D eigenvalue weighted by Gasteiger charge is -2.15. The second-order valence-corrected chi connectivity index (χ2v) is 5.47. The molecule has 0 bridgehead atoms. The molecule has 106 valence electrons. The van der Waals surface area contributed by atoms with Crippen LogP contribution >= 0.6 is 11.6 Å². The highest BCUT2D eigenvalue weighted by molar-refractivity contribution is 6.35. The van der Waals surface area contributed by atoms with E-state index in [-0.39, 0.29) is 11.9 Å². The lowest BCUT2D eigenvalue weighted by atomic mass is 10.2.